The monoisotopic (exact) mass is 416 g/mol. The Morgan fingerprint density at radius 2 is 1.12 bits per heavy atom. The molecule has 10 rings (SSSR count). The van der Waals surface area contributed by atoms with Crippen LogP contribution in [-0.2, 0) is 6.51 Å². The molecule has 142 valence electrons. The van der Waals surface area contributed by atoms with Gasteiger partial charge >= 0.3 is 148 Å². The van der Waals surface area contributed by atoms with Crippen molar-refractivity contribution < 1.29 is 6.51 Å². The summed E-state index contributed by atoms with van der Waals surface area (Å²) in [4.78, 5) is 11.4. The second-order valence-corrected chi connectivity index (χ2v) is 47.2. The number of hydrogen-bond acceptors (Lipinski definition) is 0. The minimum atomic E-state index is -3.36. The van der Waals surface area contributed by atoms with Crippen LogP contribution in [0.25, 0.3) is 0 Å². The number of rotatable bonds is 2. The molecule has 0 nitrogen and oxygen atoms in total. The van der Waals surface area contributed by atoms with Gasteiger partial charge in [0, 0.05) is 0 Å². The van der Waals surface area contributed by atoms with E-state index in [0.717, 1.165) is 8.25 Å². The first kappa shape index (κ1) is 13.4. The first-order chi connectivity index (χ1) is 10.9. The Kier molecular flexibility index (Phi) is 0.699. The predicted octanol–water partition coefficient (Wildman–Crippen LogP) is 7.70. The van der Waals surface area contributed by atoms with Crippen molar-refractivity contribution >= 4 is 17.3 Å². The van der Waals surface area contributed by atoms with E-state index in [4.69, 9.17) is 0 Å². The molecule has 0 saturated carbocycles. The molecule has 0 bridgehead atoms. The van der Waals surface area contributed by atoms with Crippen LogP contribution in [0, 0.1) is 10.8 Å². The molecule has 0 radical (unpaired) electrons. The van der Waals surface area contributed by atoms with Gasteiger partial charge in [-0.15, -0.1) is 0 Å². The van der Waals surface area contributed by atoms with Gasteiger partial charge in [0.1, 0.15) is 0 Å². The van der Waals surface area contributed by atoms with Gasteiger partial charge in [0.15, 0.2) is 0 Å². The van der Waals surface area contributed by atoms with Gasteiger partial charge in [-0.1, -0.05) is 0 Å². The zero-order chi connectivity index (χ0) is 17.9. The van der Waals surface area contributed by atoms with Gasteiger partial charge in [0.25, 0.3) is 0 Å². The molecule has 0 aromatic carbocycles. The molecule has 0 amide bonds. The van der Waals surface area contributed by atoms with Gasteiger partial charge in [-0.2, -0.15) is 0 Å². The van der Waals surface area contributed by atoms with E-state index in [0.29, 0.717) is 16.0 Å². The summed E-state index contributed by atoms with van der Waals surface area (Å²) < 4.78 is 1.96. The van der Waals surface area contributed by atoms with Crippen molar-refractivity contribution in [2.45, 2.75) is 113 Å². The molecule has 10 aliphatic rings. The normalized spacial score (nSPS) is 90.8. The van der Waals surface area contributed by atoms with Crippen LogP contribution in [0.3, 0.4) is 0 Å². The summed E-state index contributed by atoms with van der Waals surface area (Å²) in [7, 11) is 2.57. The Balaban J connectivity index is 1.49. The molecule has 6 unspecified atom stereocenters. The molecule has 3 heteroatoms. The molecule has 10 aliphatic heterocycles. The summed E-state index contributed by atoms with van der Waals surface area (Å²) in [5.74, 6) is 0. The Hall–Kier alpha value is 1.17. The quantitative estimate of drug-likeness (QED) is 0.320. The van der Waals surface area contributed by atoms with Crippen LogP contribution in [0.5, 0.6) is 0 Å². The molecule has 0 aliphatic carbocycles. The second-order valence-electron chi connectivity index (χ2n) is 17.3. The first-order valence-corrected chi connectivity index (χ1v) is 21.2. The third-order valence-electron chi connectivity index (χ3n) is 18.9. The molecular weight excluding hydrogens is 379 g/mol. The maximum absolute atomic E-state index is 3.72. The summed E-state index contributed by atoms with van der Waals surface area (Å²) in [5.41, 5.74) is 0.834. The Bertz CT molecular complexity index is 1220. The zero-order valence-electron chi connectivity index (χ0n) is 17.5. The molecule has 1 spiro atoms. The number of hydrogen-bond donors (Lipinski definition) is 0. The molecule has 6 atom stereocenters. The van der Waals surface area contributed by atoms with E-state index in [1.54, 1.807) is 0 Å². The number of fused-ring (bicyclic) bond motifs is 10. The summed E-state index contributed by atoms with van der Waals surface area (Å²) in [6, 6.07) is 0. The molecule has 10 fully saturated rings. The average Bonchev–Trinajstić information content (AvgIpc) is 3.35. The first-order valence-electron chi connectivity index (χ1n) is 10.9. The predicted molar refractivity (Wildman–Crippen MR) is 110 cm³/mol. The van der Waals surface area contributed by atoms with Crippen molar-refractivity contribution in [1.29, 1.82) is 0 Å². The fraction of sp³-hybridized carbons (Fsp3) is 1.00. The van der Waals surface area contributed by atoms with Crippen molar-refractivity contribution in [1.82, 2.24) is 0 Å². The van der Waals surface area contributed by atoms with Crippen LogP contribution >= 0.6 is 9.24 Å². The summed E-state index contributed by atoms with van der Waals surface area (Å²) in [5, 5.41) is 0.484. The topological polar surface area (TPSA) is 0 Å². The summed E-state index contributed by atoms with van der Waals surface area (Å²) >= 11 is 0. The van der Waals surface area contributed by atoms with E-state index < -0.39 is 14.6 Å². The molecule has 0 aromatic heterocycles. The third-order valence-corrected chi connectivity index (χ3v) is 73.5. The standard InChI is InChI=1S/C17H32PSi.C5H5.Fe/c1-15(2,3)17(18,16(4,5)6)13-11-10-12-14(13)19(7,8)9;1-2-4-5-3-1;/h10-12H,18H2,1-9H3;1-5H;. The zero-order valence-corrected chi connectivity index (χ0v) is 20.8. The molecule has 10 saturated heterocycles. The van der Waals surface area contributed by atoms with Gasteiger partial charge in [-0.3, -0.25) is 0 Å². The van der Waals surface area contributed by atoms with Crippen molar-refractivity contribution in [2.24, 2.45) is 10.8 Å². The van der Waals surface area contributed by atoms with Crippen LogP contribution in [0.2, 0.25) is 66.4 Å². The van der Waals surface area contributed by atoms with Crippen LogP contribution in [0.1, 0.15) is 41.5 Å². The molecular formula is C22H37FePSi. The molecule has 25 heavy (non-hydrogen) atoms. The van der Waals surface area contributed by atoms with E-state index in [-0.39, 0.29) is 0 Å². The molecule has 0 aromatic rings. The molecule has 10 heterocycles. The van der Waals surface area contributed by atoms with Crippen molar-refractivity contribution in [3.63, 3.8) is 0 Å². The van der Waals surface area contributed by atoms with Crippen molar-refractivity contribution in [3.05, 3.63) is 0 Å². The SMILES string of the molecule is CC(C)(C)C(P)(C(C)(C)C)[C]12[CH]3[CH]4[CH]5[C]1([Si](C)(C)C)[Fe]43521678[CH]2[CH]1[CH]6[CH]7[CH]28. The third kappa shape index (κ3) is 0.194. The second kappa shape index (κ2) is 1.30. The van der Waals surface area contributed by atoms with Crippen LogP contribution in [0.4, 0.5) is 0 Å². The van der Waals surface area contributed by atoms with Crippen LogP contribution < -0.4 is 0 Å². The van der Waals surface area contributed by atoms with Crippen molar-refractivity contribution in [3.8, 4) is 0 Å². The van der Waals surface area contributed by atoms with Gasteiger partial charge < -0.3 is 0 Å². The van der Waals surface area contributed by atoms with E-state index in [2.05, 4.69) is 70.4 Å². The minimum absolute atomic E-state index is 0.417. The summed E-state index contributed by atoms with van der Waals surface area (Å²) in [6.07, 6.45) is 0. The Morgan fingerprint density at radius 1 is 0.720 bits per heavy atom. The Labute approximate surface area is 147 Å². The summed E-state index contributed by atoms with van der Waals surface area (Å²) in [6.45, 7) is 21.0. The van der Waals surface area contributed by atoms with E-state index >= 15 is 0 Å². The van der Waals surface area contributed by atoms with E-state index in [1.807, 2.05) is 0 Å². The van der Waals surface area contributed by atoms with Crippen molar-refractivity contribution in [2.75, 3.05) is 0 Å². The van der Waals surface area contributed by atoms with E-state index in [9.17, 15) is 0 Å². The maximum atomic E-state index is 3.72. The molecule has 0 N–H and O–H groups in total. The average molecular weight is 416 g/mol. The fourth-order valence-electron chi connectivity index (χ4n) is 22.2. The fourth-order valence-corrected chi connectivity index (χ4v) is 129. The van der Waals surface area contributed by atoms with Gasteiger partial charge in [0.05, 0.1) is 0 Å². The van der Waals surface area contributed by atoms with Gasteiger partial charge in [-0.05, 0) is 0 Å². The Morgan fingerprint density at radius 3 is 1.32 bits per heavy atom. The van der Waals surface area contributed by atoms with Crippen LogP contribution in [-0.4, -0.2) is 13.2 Å². The van der Waals surface area contributed by atoms with E-state index in [1.165, 1.54) is 38.5 Å². The van der Waals surface area contributed by atoms with Gasteiger partial charge in [0.2, 0.25) is 0 Å². The van der Waals surface area contributed by atoms with Gasteiger partial charge in [-0.25, -0.2) is 0 Å². The van der Waals surface area contributed by atoms with Crippen LogP contribution in [0.15, 0.2) is 0 Å².